The number of nitrogens with zero attached hydrogens (tertiary/aromatic N) is 1. The average molecular weight is 240 g/mol. The number of hydrogen-bond donors (Lipinski definition) is 1. The van der Waals surface area contributed by atoms with E-state index in [1.54, 1.807) is 0 Å². The van der Waals surface area contributed by atoms with Gasteiger partial charge in [-0.1, -0.05) is 19.8 Å². The summed E-state index contributed by atoms with van der Waals surface area (Å²) in [6, 6.07) is 1.45. The summed E-state index contributed by atoms with van der Waals surface area (Å²) >= 11 is 0. The molecule has 0 saturated carbocycles. The van der Waals surface area contributed by atoms with Gasteiger partial charge < -0.3 is 15.0 Å². The molecule has 17 heavy (non-hydrogen) atoms. The summed E-state index contributed by atoms with van der Waals surface area (Å²) in [6.07, 6.45) is 8.21. The fraction of sp³-hybridized carbons (Fsp3) is 1.00. The number of nitrogens with one attached hydrogen (secondary N) is 1. The monoisotopic (exact) mass is 240 g/mol. The SMILES string of the molecule is CCCC1CCCCN1CCC1COCCN1. The normalized spacial score (nSPS) is 31.6. The van der Waals surface area contributed by atoms with E-state index in [9.17, 15) is 0 Å². The minimum atomic E-state index is 0.591. The largest absolute Gasteiger partial charge is 0.379 e. The Labute approximate surface area is 106 Å². The molecule has 2 aliphatic heterocycles. The maximum absolute atomic E-state index is 5.52. The van der Waals surface area contributed by atoms with Crippen molar-refractivity contribution in [3.63, 3.8) is 0 Å². The van der Waals surface area contributed by atoms with Gasteiger partial charge in [0.1, 0.15) is 0 Å². The van der Waals surface area contributed by atoms with Crippen LogP contribution in [0.4, 0.5) is 0 Å². The molecule has 0 aromatic rings. The topological polar surface area (TPSA) is 24.5 Å². The Bertz CT molecular complexity index is 202. The summed E-state index contributed by atoms with van der Waals surface area (Å²) < 4.78 is 5.52. The summed E-state index contributed by atoms with van der Waals surface area (Å²) in [5.74, 6) is 0. The van der Waals surface area contributed by atoms with Crippen molar-refractivity contribution in [1.29, 1.82) is 0 Å². The molecule has 2 heterocycles. The smallest absolute Gasteiger partial charge is 0.0620 e. The molecule has 0 radical (unpaired) electrons. The number of ether oxygens (including phenoxy) is 1. The highest BCUT2D eigenvalue weighted by Gasteiger charge is 2.22. The van der Waals surface area contributed by atoms with Gasteiger partial charge in [-0.05, 0) is 38.8 Å². The van der Waals surface area contributed by atoms with Crippen molar-refractivity contribution in [2.45, 2.75) is 57.5 Å². The third kappa shape index (κ3) is 4.23. The van der Waals surface area contributed by atoms with Gasteiger partial charge in [0, 0.05) is 18.6 Å². The van der Waals surface area contributed by atoms with E-state index in [0.29, 0.717) is 6.04 Å². The van der Waals surface area contributed by atoms with Crippen LogP contribution < -0.4 is 5.32 Å². The Morgan fingerprint density at radius 3 is 3.00 bits per heavy atom. The quantitative estimate of drug-likeness (QED) is 0.795. The minimum absolute atomic E-state index is 0.591. The lowest BCUT2D eigenvalue weighted by Gasteiger charge is -2.37. The lowest BCUT2D eigenvalue weighted by atomic mass is 9.97. The van der Waals surface area contributed by atoms with E-state index in [1.165, 1.54) is 51.6 Å². The minimum Gasteiger partial charge on any atom is -0.379 e. The van der Waals surface area contributed by atoms with E-state index in [1.807, 2.05) is 0 Å². The first kappa shape index (κ1) is 13.3. The Kier molecular flexibility index (Phi) is 5.75. The molecule has 2 unspecified atom stereocenters. The molecule has 2 rings (SSSR count). The molecule has 0 spiro atoms. The van der Waals surface area contributed by atoms with E-state index in [-0.39, 0.29) is 0 Å². The van der Waals surface area contributed by atoms with Gasteiger partial charge in [0.2, 0.25) is 0 Å². The molecule has 0 bridgehead atoms. The first-order valence-corrected chi connectivity index (χ1v) is 7.45. The van der Waals surface area contributed by atoms with Gasteiger partial charge in [-0.25, -0.2) is 0 Å². The van der Waals surface area contributed by atoms with Crippen molar-refractivity contribution < 1.29 is 4.74 Å². The van der Waals surface area contributed by atoms with Crippen LogP contribution in [0.3, 0.4) is 0 Å². The molecular weight excluding hydrogens is 212 g/mol. The molecule has 0 aromatic heterocycles. The third-order valence-electron chi connectivity index (χ3n) is 4.13. The van der Waals surface area contributed by atoms with Gasteiger partial charge in [0.15, 0.2) is 0 Å². The number of likely N-dealkylation sites (tertiary alicyclic amines) is 1. The van der Waals surface area contributed by atoms with Crippen LogP contribution in [0.15, 0.2) is 0 Å². The van der Waals surface area contributed by atoms with Crippen LogP contribution in [0.2, 0.25) is 0 Å². The summed E-state index contributed by atoms with van der Waals surface area (Å²) in [4.78, 5) is 2.73. The zero-order valence-corrected chi connectivity index (χ0v) is 11.3. The van der Waals surface area contributed by atoms with E-state index in [2.05, 4.69) is 17.1 Å². The van der Waals surface area contributed by atoms with Gasteiger partial charge in [-0.3, -0.25) is 0 Å². The Hall–Kier alpha value is -0.120. The first-order valence-electron chi connectivity index (χ1n) is 7.45. The van der Waals surface area contributed by atoms with Crippen LogP contribution in [-0.2, 0) is 4.74 Å². The van der Waals surface area contributed by atoms with Gasteiger partial charge in [0.25, 0.3) is 0 Å². The highest BCUT2D eigenvalue weighted by Crippen LogP contribution is 2.21. The summed E-state index contributed by atoms with van der Waals surface area (Å²) in [5, 5.41) is 3.55. The maximum atomic E-state index is 5.52. The number of hydrogen-bond acceptors (Lipinski definition) is 3. The molecule has 2 saturated heterocycles. The lowest BCUT2D eigenvalue weighted by molar-refractivity contribution is 0.0630. The summed E-state index contributed by atoms with van der Waals surface area (Å²) in [5.41, 5.74) is 0. The molecule has 1 N–H and O–H groups in total. The first-order chi connectivity index (χ1) is 8.40. The van der Waals surface area contributed by atoms with E-state index >= 15 is 0 Å². The highest BCUT2D eigenvalue weighted by molar-refractivity contribution is 4.79. The maximum Gasteiger partial charge on any atom is 0.0620 e. The van der Waals surface area contributed by atoms with Crippen molar-refractivity contribution in [2.24, 2.45) is 0 Å². The van der Waals surface area contributed by atoms with Crippen molar-refractivity contribution in [1.82, 2.24) is 10.2 Å². The summed E-state index contributed by atoms with van der Waals surface area (Å²) in [7, 11) is 0. The molecule has 0 aliphatic carbocycles. The number of rotatable bonds is 5. The van der Waals surface area contributed by atoms with Gasteiger partial charge in [-0.15, -0.1) is 0 Å². The zero-order chi connectivity index (χ0) is 11.9. The molecule has 2 aliphatic rings. The molecule has 2 atom stereocenters. The third-order valence-corrected chi connectivity index (χ3v) is 4.13. The average Bonchev–Trinajstić information content (AvgIpc) is 2.39. The predicted octanol–water partition coefficient (Wildman–Crippen LogP) is 2.02. The Morgan fingerprint density at radius 2 is 2.24 bits per heavy atom. The number of morpholine rings is 1. The lowest BCUT2D eigenvalue weighted by Crippen LogP contribution is -2.46. The molecule has 100 valence electrons. The van der Waals surface area contributed by atoms with Crippen LogP contribution in [-0.4, -0.2) is 49.8 Å². The van der Waals surface area contributed by atoms with Crippen LogP contribution in [0.5, 0.6) is 0 Å². The molecule has 3 heteroatoms. The fourth-order valence-corrected chi connectivity index (χ4v) is 3.14. The molecule has 2 fully saturated rings. The van der Waals surface area contributed by atoms with E-state index < -0.39 is 0 Å². The van der Waals surface area contributed by atoms with Crippen LogP contribution in [0.1, 0.15) is 45.4 Å². The molecule has 3 nitrogen and oxygen atoms in total. The highest BCUT2D eigenvalue weighted by atomic mass is 16.5. The van der Waals surface area contributed by atoms with E-state index in [0.717, 1.165) is 25.8 Å². The summed E-state index contributed by atoms with van der Waals surface area (Å²) in [6.45, 7) is 7.71. The Morgan fingerprint density at radius 1 is 1.29 bits per heavy atom. The predicted molar refractivity (Wildman–Crippen MR) is 71.3 cm³/mol. The zero-order valence-electron chi connectivity index (χ0n) is 11.3. The van der Waals surface area contributed by atoms with Crippen molar-refractivity contribution in [3.05, 3.63) is 0 Å². The second kappa shape index (κ2) is 7.34. The molecule has 0 aromatic carbocycles. The molecular formula is C14H28N2O. The van der Waals surface area contributed by atoms with E-state index in [4.69, 9.17) is 4.74 Å². The van der Waals surface area contributed by atoms with Crippen LogP contribution in [0, 0.1) is 0 Å². The van der Waals surface area contributed by atoms with Crippen molar-refractivity contribution in [3.8, 4) is 0 Å². The van der Waals surface area contributed by atoms with Crippen molar-refractivity contribution >= 4 is 0 Å². The standard InChI is InChI=1S/C14H28N2O/c1-2-5-14-6-3-4-9-16(14)10-7-13-12-17-11-8-15-13/h13-15H,2-12H2,1H3. The second-order valence-electron chi connectivity index (χ2n) is 5.49. The number of piperidine rings is 1. The fourth-order valence-electron chi connectivity index (χ4n) is 3.14. The molecule has 0 amide bonds. The second-order valence-corrected chi connectivity index (χ2v) is 5.49. The van der Waals surface area contributed by atoms with Crippen molar-refractivity contribution in [2.75, 3.05) is 32.8 Å². The van der Waals surface area contributed by atoms with Crippen LogP contribution >= 0.6 is 0 Å². The van der Waals surface area contributed by atoms with Crippen LogP contribution in [0.25, 0.3) is 0 Å². The van der Waals surface area contributed by atoms with Gasteiger partial charge >= 0.3 is 0 Å². The van der Waals surface area contributed by atoms with Gasteiger partial charge in [0.05, 0.1) is 13.2 Å². The van der Waals surface area contributed by atoms with Gasteiger partial charge in [-0.2, -0.15) is 0 Å². The Balaban J connectivity index is 1.71.